The SMILES string of the molecule is O=C(NCCOCCOc1ccccc1)NNC(=O)C1Cc2ccccc2O1. The largest absolute Gasteiger partial charge is 0.491 e. The van der Waals surface area contributed by atoms with Crippen molar-refractivity contribution in [2.24, 2.45) is 0 Å². The molecule has 0 bridgehead atoms. The second kappa shape index (κ2) is 10.2. The topological polar surface area (TPSA) is 97.9 Å². The van der Waals surface area contributed by atoms with Crippen LogP contribution in [0.2, 0.25) is 0 Å². The Balaban J connectivity index is 1.21. The fourth-order valence-corrected chi connectivity index (χ4v) is 2.65. The lowest BCUT2D eigenvalue weighted by Crippen LogP contribution is -2.51. The molecule has 1 heterocycles. The summed E-state index contributed by atoms with van der Waals surface area (Å²) in [6, 6.07) is 16.4. The fourth-order valence-electron chi connectivity index (χ4n) is 2.65. The van der Waals surface area contributed by atoms with Crippen LogP contribution in [0.25, 0.3) is 0 Å². The van der Waals surface area contributed by atoms with E-state index in [2.05, 4.69) is 16.2 Å². The Morgan fingerprint density at radius 3 is 2.57 bits per heavy atom. The summed E-state index contributed by atoms with van der Waals surface area (Å²) in [4.78, 5) is 23.8. The van der Waals surface area contributed by atoms with Gasteiger partial charge in [-0.05, 0) is 23.8 Å². The highest BCUT2D eigenvalue weighted by atomic mass is 16.5. The molecule has 1 atom stereocenters. The highest BCUT2D eigenvalue weighted by Gasteiger charge is 2.28. The zero-order valence-corrected chi connectivity index (χ0v) is 15.4. The van der Waals surface area contributed by atoms with Crippen molar-refractivity contribution in [1.29, 1.82) is 0 Å². The number of urea groups is 1. The van der Waals surface area contributed by atoms with Crippen LogP contribution >= 0.6 is 0 Å². The number of fused-ring (bicyclic) bond motifs is 1. The Morgan fingerprint density at radius 2 is 1.75 bits per heavy atom. The lowest BCUT2D eigenvalue weighted by molar-refractivity contribution is -0.127. The second-order valence-corrected chi connectivity index (χ2v) is 6.06. The molecule has 0 fully saturated rings. The summed E-state index contributed by atoms with van der Waals surface area (Å²) in [5.41, 5.74) is 5.62. The molecule has 28 heavy (non-hydrogen) atoms. The molecule has 0 spiro atoms. The van der Waals surface area contributed by atoms with Gasteiger partial charge in [0.05, 0.1) is 13.2 Å². The molecule has 1 unspecified atom stereocenters. The van der Waals surface area contributed by atoms with Crippen molar-refractivity contribution < 1.29 is 23.8 Å². The van der Waals surface area contributed by atoms with Crippen LogP contribution in [0.5, 0.6) is 11.5 Å². The summed E-state index contributed by atoms with van der Waals surface area (Å²) in [7, 11) is 0. The van der Waals surface area contributed by atoms with Crippen LogP contribution in [0, 0.1) is 0 Å². The van der Waals surface area contributed by atoms with E-state index in [1.54, 1.807) is 0 Å². The van der Waals surface area contributed by atoms with Gasteiger partial charge in [-0.3, -0.25) is 10.2 Å². The Kier molecular flexibility index (Phi) is 7.08. The van der Waals surface area contributed by atoms with Crippen molar-refractivity contribution in [3.63, 3.8) is 0 Å². The number of para-hydroxylation sites is 2. The predicted octanol–water partition coefficient (Wildman–Crippen LogP) is 1.42. The molecular weight excluding hydrogens is 362 g/mol. The molecule has 0 saturated carbocycles. The Hall–Kier alpha value is -3.26. The van der Waals surface area contributed by atoms with Crippen molar-refractivity contribution in [2.75, 3.05) is 26.4 Å². The average molecular weight is 385 g/mol. The van der Waals surface area contributed by atoms with Gasteiger partial charge in [0, 0.05) is 13.0 Å². The van der Waals surface area contributed by atoms with Crippen molar-refractivity contribution in [1.82, 2.24) is 16.2 Å². The van der Waals surface area contributed by atoms with Crippen LogP contribution in [-0.4, -0.2) is 44.4 Å². The number of carbonyl (C=O) groups is 2. The first kappa shape index (κ1) is 19.5. The lowest BCUT2D eigenvalue weighted by atomic mass is 10.1. The van der Waals surface area contributed by atoms with Gasteiger partial charge in [-0.15, -0.1) is 0 Å². The third kappa shape index (κ3) is 5.88. The summed E-state index contributed by atoms with van der Waals surface area (Å²) in [5.74, 6) is 1.08. The number of rotatable bonds is 8. The third-order valence-electron chi connectivity index (χ3n) is 4.01. The number of nitrogens with one attached hydrogen (secondary N) is 3. The fraction of sp³-hybridized carbons (Fsp3) is 0.300. The Morgan fingerprint density at radius 1 is 0.964 bits per heavy atom. The predicted molar refractivity (Wildman–Crippen MR) is 102 cm³/mol. The van der Waals surface area contributed by atoms with Gasteiger partial charge >= 0.3 is 6.03 Å². The molecule has 2 aromatic rings. The van der Waals surface area contributed by atoms with Gasteiger partial charge in [0.2, 0.25) is 0 Å². The normalized spacial score (nSPS) is 14.5. The number of benzene rings is 2. The molecule has 8 heteroatoms. The molecule has 3 rings (SSSR count). The number of hydrogen-bond donors (Lipinski definition) is 3. The van der Waals surface area contributed by atoms with E-state index in [9.17, 15) is 9.59 Å². The van der Waals surface area contributed by atoms with E-state index < -0.39 is 18.0 Å². The zero-order valence-electron chi connectivity index (χ0n) is 15.4. The highest BCUT2D eigenvalue weighted by molar-refractivity contribution is 5.85. The summed E-state index contributed by atoms with van der Waals surface area (Å²) in [5, 5.41) is 2.58. The van der Waals surface area contributed by atoms with Gasteiger partial charge in [0.1, 0.15) is 18.1 Å². The first-order chi connectivity index (χ1) is 13.7. The quantitative estimate of drug-likeness (QED) is 0.472. The molecule has 0 aromatic heterocycles. The molecule has 1 aliphatic heterocycles. The lowest BCUT2D eigenvalue weighted by Gasteiger charge is -2.13. The molecule has 0 radical (unpaired) electrons. The first-order valence-electron chi connectivity index (χ1n) is 9.06. The molecule has 3 amide bonds. The van der Waals surface area contributed by atoms with Gasteiger partial charge < -0.3 is 19.5 Å². The summed E-state index contributed by atoms with van der Waals surface area (Å²) >= 11 is 0. The van der Waals surface area contributed by atoms with Gasteiger partial charge in [0.25, 0.3) is 5.91 Å². The van der Waals surface area contributed by atoms with Gasteiger partial charge in [0.15, 0.2) is 6.10 Å². The Bertz CT molecular complexity index is 759. The molecular formula is C20H23N3O5. The van der Waals surface area contributed by atoms with Crippen LogP contribution in [0.3, 0.4) is 0 Å². The molecule has 3 N–H and O–H groups in total. The van der Waals surface area contributed by atoms with E-state index in [-0.39, 0.29) is 0 Å². The van der Waals surface area contributed by atoms with Crippen LogP contribution in [0.1, 0.15) is 5.56 Å². The summed E-state index contributed by atoms with van der Waals surface area (Å²) in [6.07, 6.45) is -0.171. The molecule has 2 aromatic carbocycles. The number of carbonyl (C=O) groups excluding carboxylic acids is 2. The van der Waals surface area contributed by atoms with E-state index in [4.69, 9.17) is 14.2 Å². The van der Waals surface area contributed by atoms with E-state index in [1.807, 2.05) is 54.6 Å². The zero-order chi connectivity index (χ0) is 19.6. The summed E-state index contributed by atoms with van der Waals surface area (Å²) < 4.78 is 16.4. The molecule has 0 saturated heterocycles. The van der Waals surface area contributed by atoms with E-state index in [0.717, 1.165) is 11.3 Å². The minimum atomic E-state index is -0.648. The smallest absolute Gasteiger partial charge is 0.333 e. The third-order valence-corrected chi connectivity index (χ3v) is 4.01. The van der Waals surface area contributed by atoms with Crippen LogP contribution in [0.4, 0.5) is 4.79 Å². The van der Waals surface area contributed by atoms with Crippen molar-refractivity contribution in [2.45, 2.75) is 12.5 Å². The minimum absolute atomic E-state index is 0.304. The van der Waals surface area contributed by atoms with Crippen LogP contribution in [-0.2, 0) is 16.0 Å². The Labute approximate surface area is 163 Å². The number of hydrogen-bond acceptors (Lipinski definition) is 5. The maximum Gasteiger partial charge on any atom is 0.333 e. The van der Waals surface area contributed by atoms with Gasteiger partial charge in [-0.2, -0.15) is 0 Å². The van der Waals surface area contributed by atoms with Gasteiger partial charge in [-0.1, -0.05) is 36.4 Å². The monoisotopic (exact) mass is 385 g/mol. The van der Waals surface area contributed by atoms with Crippen LogP contribution in [0.15, 0.2) is 54.6 Å². The molecule has 148 valence electrons. The van der Waals surface area contributed by atoms with Crippen molar-refractivity contribution in [3.8, 4) is 11.5 Å². The van der Waals surface area contributed by atoms with Crippen molar-refractivity contribution in [3.05, 3.63) is 60.2 Å². The second-order valence-electron chi connectivity index (χ2n) is 6.06. The first-order valence-corrected chi connectivity index (χ1v) is 9.06. The van der Waals surface area contributed by atoms with E-state index in [1.165, 1.54) is 0 Å². The standard InChI is InChI=1S/C20H23N3O5/c24-19(18-14-15-6-4-5-9-17(15)28-18)22-23-20(25)21-10-11-26-12-13-27-16-7-2-1-3-8-16/h1-9,18H,10-14H2,(H,22,24)(H2,21,23,25). The van der Waals surface area contributed by atoms with E-state index in [0.29, 0.717) is 38.5 Å². The average Bonchev–Trinajstić information content (AvgIpc) is 3.16. The number of hydrazine groups is 1. The molecule has 1 aliphatic rings. The maximum absolute atomic E-state index is 12.1. The minimum Gasteiger partial charge on any atom is -0.491 e. The van der Waals surface area contributed by atoms with Gasteiger partial charge in [-0.25, -0.2) is 10.2 Å². The number of ether oxygens (including phenoxy) is 3. The van der Waals surface area contributed by atoms with Crippen LogP contribution < -0.4 is 25.6 Å². The molecule has 0 aliphatic carbocycles. The molecule has 8 nitrogen and oxygen atoms in total. The summed E-state index contributed by atoms with van der Waals surface area (Å²) in [6.45, 7) is 1.48. The number of amides is 3. The highest BCUT2D eigenvalue weighted by Crippen LogP contribution is 2.27. The van der Waals surface area contributed by atoms with Crippen molar-refractivity contribution >= 4 is 11.9 Å². The maximum atomic E-state index is 12.1. The van der Waals surface area contributed by atoms with E-state index >= 15 is 0 Å².